The molecule has 0 N–H and O–H groups in total. The van der Waals surface area contributed by atoms with E-state index in [1.54, 1.807) is 17.7 Å². The lowest BCUT2D eigenvalue weighted by molar-refractivity contribution is 0.107. The second kappa shape index (κ2) is 8.89. The standard InChI is InChI=1S/C24H24ClF2N3O2S/c1-13-5-3-4-8-29(13)23-17-10-18(25)20(16-7-6-14(26)9-19(16)27)22-21(17)30(24(31)28-23)11-15(32-2)12-33-22/h6-7,9-10,13,15H,3-5,8,11-12H2,1-2H3/t13-,15-/m0/s1. The summed E-state index contributed by atoms with van der Waals surface area (Å²) in [5, 5.41) is 1.10. The molecule has 0 radical (unpaired) electrons. The van der Waals surface area contributed by atoms with Crippen LogP contribution in [0.15, 0.2) is 34.0 Å². The summed E-state index contributed by atoms with van der Waals surface area (Å²) in [5.74, 6) is -0.190. The average Bonchev–Trinajstić information content (AvgIpc) is 2.98. The zero-order chi connectivity index (χ0) is 23.3. The molecular formula is C24H24ClF2N3O2S. The predicted molar refractivity (Wildman–Crippen MR) is 129 cm³/mol. The molecule has 1 aromatic heterocycles. The fraction of sp³-hybridized carbons (Fsp3) is 0.417. The Morgan fingerprint density at radius 2 is 2.06 bits per heavy atom. The summed E-state index contributed by atoms with van der Waals surface area (Å²) in [6.07, 6.45) is 2.95. The van der Waals surface area contributed by atoms with Gasteiger partial charge in [0.2, 0.25) is 0 Å². The highest BCUT2D eigenvalue weighted by Gasteiger charge is 2.30. The number of halogens is 3. The molecule has 2 aliphatic heterocycles. The number of methoxy groups -OCH3 is 1. The van der Waals surface area contributed by atoms with E-state index in [-0.39, 0.29) is 23.4 Å². The molecule has 9 heteroatoms. The van der Waals surface area contributed by atoms with Crippen molar-refractivity contribution in [1.82, 2.24) is 9.55 Å². The second-order valence-corrected chi connectivity index (χ2v) is 10.1. The number of anilines is 1. The Bertz CT molecular complexity index is 1300. The Morgan fingerprint density at radius 3 is 2.79 bits per heavy atom. The third-order valence-electron chi connectivity index (χ3n) is 6.56. The smallest absolute Gasteiger partial charge is 0.350 e. The Morgan fingerprint density at radius 1 is 1.24 bits per heavy atom. The van der Waals surface area contributed by atoms with E-state index in [0.717, 1.165) is 37.3 Å². The zero-order valence-corrected chi connectivity index (χ0v) is 20.0. The van der Waals surface area contributed by atoms with Crippen molar-refractivity contribution in [2.45, 2.75) is 49.8 Å². The van der Waals surface area contributed by atoms with E-state index < -0.39 is 11.6 Å². The maximum Gasteiger partial charge on any atom is 0.350 e. The van der Waals surface area contributed by atoms with Crippen LogP contribution in [-0.4, -0.2) is 41.1 Å². The Balaban J connectivity index is 1.85. The van der Waals surface area contributed by atoms with Crippen LogP contribution in [0.25, 0.3) is 22.0 Å². The monoisotopic (exact) mass is 491 g/mol. The van der Waals surface area contributed by atoms with Gasteiger partial charge in [-0.15, -0.1) is 11.8 Å². The van der Waals surface area contributed by atoms with E-state index in [9.17, 15) is 13.6 Å². The number of thioether (sulfide) groups is 1. The molecule has 0 saturated carbocycles. The van der Waals surface area contributed by atoms with E-state index in [2.05, 4.69) is 16.8 Å². The molecule has 5 nitrogen and oxygen atoms in total. The molecule has 2 atom stereocenters. The van der Waals surface area contributed by atoms with Crippen molar-refractivity contribution < 1.29 is 13.5 Å². The van der Waals surface area contributed by atoms with Gasteiger partial charge < -0.3 is 9.64 Å². The summed E-state index contributed by atoms with van der Waals surface area (Å²) < 4.78 is 35.7. The molecule has 3 heterocycles. The minimum absolute atomic E-state index is 0.199. The first-order valence-electron chi connectivity index (χ1n) is 11.0. The van der Waals surface area contributed by atoms with E-state index >= 15 is 0 Å². The molecule has 3 aromatic rings. The van der Waals surface area contributed by atoms with Crippen LogP contribution in [-0.2, 0) is 11.3 Å². The molecule has 0 unspecified atom stereocenters. The summed E-state index contributed by atoms with van der Waals surface area (Å²) in [6.45, 7) is 3.28. The lowest BCUT2D eigenvalue weighted by Crippen LogP contribution is -2.40. The SMILES string of the molecule is CO[C@@H]1CSc2c(-c3ccc(F)cc3F)c(Cl)cc3c(N4CCCC[C@@H]4C)nc(=O)n(c23)C1. The molecule has 5 rings (SSSR count). The van der Waals surface area contributed by atoms with Gasteiger partial charge in [0.25, 0.3) is 0 Å². The number of hydrogen-bond donors (Lipinski definition) is 0. The van der Waals surface area contributed by atoms with Crippen molar-refractivity contribution in [3.63, 3.8) is 0 Å². The third-order valence-corrected chi connectivity index (χ3v) is 8.08. The Labute approximate surface area is 199 Å². The molecule has 33 heavy (non-hydrogen) atoms. The third kappa shape index (κ3) is 3.92. The average molecular weight is 492 g/mol. The first-order chi connectivity index (χ1) is 15.9. The predicted octanol–water partition coefficient (Wildman–Crippen LogP) is 5.49. The van der Waals surface area contributed by atoms with Gasteiger partial charge >= 0.3 is 5.69 Å². The first kappa shape index (κ1) is 22.6. The minimum atomic E-state index is -0.700. The van der Waals surface area contributed by atoms with Crippen LogP contribution in [0.5, 0.6) is 0 Å². The van der Waals surface area contributed by atoms with Crippen molar-refractivity contribution in [2.24, 2.45) is 0 Å². The highest BCUT2D eigenvalue weighted by atomic mass is 35.5. The number of ether oxygens (including phenoxy) is 1. The highest BCUT2D eigenvalue weighted by Crippen LogP contribution is 2.46. The second-order valence-electron chi connectivity index (χ2n) is 8.62. The maximum atomic E-state index is 14.9. The Kier molecular flexibility index (Phi) is 6.09. The molecule has 2 aromatic carbocycles. The number of benzene rings is 2. The van der Waals surface area contributed by atoms with Crippen molar-refractivity contribution in [3.8, 4) is 11.1 Å². The van der Waals surface area contributed by atoms with Gasteiger partial charge in [-0.1, -0.05) is 11.6 Å². The fourth-order valence-corrected chi connectivity index (χ4v) is 6.50. The summed E-state index contributed by atoms with van der Waals surface area (Å²) in [7, 11) is 1.61. The summed E-state index contributed by atoms with van der Waals surface area (Å²) in [4.78, 5) is 20.6. The van der Waals surface area contributed by atoms with Crippen LogP contribution < -0.4 is 10.6 Å². The molecule has 1 fully saturated rings. The highest BCUT2D eigenvalue weighted by molar-refractivity contribution is 7.99. The van der Waals surface area contributed by atoms with Gasteiger partial charge in [-0.2, -0.15) is 4.98 Å². The van der Waals surface area contributed by atoms with Gasteiger partial charge in [-0.05, 0) is 44.4 Å². The van der Waals surface area contributed by atoms with E-state index in [4.69, 9.17) is 16.3 Å². The molecule has 2 aliphatic rings. The van der Waals surface area contributed by atoms with Gasteiger partial charge in [-0.3, -0.25) is 4.57 Å². The van der Waals surface area contributed by atoms with Crippen LogP contribution >= 0.6 is 23.4 Å². The number of aromatic nitrogens is 2. The van der Waals surface area contributed by atoms with Crippen LogP contribution in [0, 0.1) is 11.6 Å². The van der Waals surface area contributed by atoms with Gasteiger partial charge in [-0.25, -0.2) is 13.6 Å². The minimum Gasteiger partial charge on any atom is -0.379 e. The lowest BCUT2D eigenvalue weighted by atomic mass is 10.0. The van der Waals surface area contributed by atoms with E-state index in [1.807, 2.05) is 0 Å². The van der Waals surface area contributed by atoms with Gasteiger partial charge in [0.1, 0.15) is 17.5 Å². The molecule has 0 spiro atoms. The van der Waals surface area contributed by atoms with Crippen molar-refractivity contribution in [2.75, 3.05) is 24.3 Å². The first-order valence-corrected chi connectivity index (χ1v) is 12.4. The van der Waals surface area contributed by atoms with Gasteiger partial charge in [0.15, 0.2) is 0 Å². The zero-order valence-electron chi connectivity index (χ0n) is 18.4. The molecule has 0 amide bonds. The largest absolute Gasteiger partial charge is 0.379 e. The molecular weight excluding hydrogens is 468 g/mol. The van der Waals surface area contributed by atoms with Crippen molar-refractivity contribution in [3.05, 3.63) is 51.4 Å². The quantitative estimate of drug-likeness (QED) is 0.484. The van der Waals surface area contributed by atoms with Gasteiger partial charge in [0, 0.05) is 52.9 Å². The summed E-state index contributed by atoms with van der Waals surface area (Å²) in [5.41, 5.74) is 0.968. The van der Waals surface area contributed by atoms with E-state index in [1.165, 1.54) is 23.9 Å². The lowest BCUT2D eigenvalue weighted by Gasteiger charge is -2.35. The van der Waals surface area contributed by atoms with Crippen LogP contribution in [0.4, 0.5) is 14.6 Å². The van der Waals surface area contributed by atoms with Crippen LogP contribution in [0.1, 0.15) is 26.2 Å². The Hall–Kier alpha value is -2.16. The number of hydrogen-bond acceptors (Lipinski definition) is 5. The normalized spacial score (nSPS) is 20.8. The molecule has 1 saturated heterocycles. The number of rotatable bonds is 3. The number of nitrogens with zero attached hydrogens (tertiary/aromatic N) is 3. The molecule has 0 bridgehead atoms. The fourth-order valence-electron chi connectivity index (χ4n) is 4.82. The summed E-state index contributed by atoms with van der Waals surface area (Å²) in [6, 6.07) is 5.47. The van der Waals surface area contributed by atoms with E-state index in [0.29, 0.717) is 39.1 Å². The van der Waals surface area contributed by atoms with Crippen molar-refractivity contribution in [1.29, 1.82) is 0 Å². The topological polar surface area (TPSA) is 47.4 Å². The van der Waals surface area contributed by atoms with Gasteiger partial charge in [0.05, 0.1) is 23.2 Å². The van der Waals surface area contributed by atoms with Crippen molar-refractivity contribution >= 4 is 40.1 Å². The van der Waals surface area contributed by atoms with Crippen LogP contribution in [0.2, 0.25) is 5.02 Å². The van der Waals surface area contributed by atoms with Crippen LogP contribution in [0.3, 0.4) is 0 Å². The maximum absolute atomic E-state index is 14.9. The number of piperidine rings is 1. The molecule has 174 valence electrons. The molecule has 0 aliphatic carbocycles. The summed E-state index contributed by atoms with van der Waals surface area (Å²) >= 11 is 8.25.